The van der Waals surface area contributed by atoms with Crippen molar-refractivity contribution < 1.29 is 13.2 Å². The van der Waals surface area contributed by atoms with Crippen molar-refractivity contribution in [3.63, 3.8) is 0 Å². The Morgan fingerprint density at radius 1 is 1.44 bits per heavy atom. The maximum atomic E-state index is 11.3. The van der Waals surface area contributed by atoms with Gasteiger partial charge in [-0.15, -0.1) is 0 Å². The maximum Gasteiger partial charge on any atom is 0.324 e. The van der Waals surface area contributed by atoms with Crippen molar-refractivity contribution in [2.45, 2.75) is 6.04 Å². The molecular formula is C10H15N3O3S2. The molecule has 1 atom stereocenters. The number of carbonyl (C=O) groups excluding carboxylic acids is 1. The number of nitrogens with two attached hydrogens (primary N) is 1. The van der Waals surface area contributed by atoms with Crippen LogP contribution in [0.3, 0.4) is 0 Å². The van der Waals surface area contributed by atoms with Gasteiger partial charge in [-0.25, -0.2) is 17.9 Å². The predicted molar refractivity (Wildman–Crippen MR) is 72.4 cm³/mol. The molecule has 2 amide bonds. The molecule has 0 fully saturated rings. The van der Waals surface area contributed by atoms with Gasteiger partial charge in [0, 0.05) is 0 Å². The van der Waals surface area contributed by atoms with Gasteiger partial charge in [0.15, 0.2) is 0 Å². The molecule has 3 N–H and O–H groups in total. The number of hydrogen-bond acceptors (Lipinski definition) is 4. The molecule has 18 heavy (non-hydrogen) atoms. The molecule has 0 aliphatic heterocycles. The van der Waals surface area contributed by atoms with E-state index in [1.54, 1.807) is 24.3 Å². The van der Waals surface area contributed by atoms with Gasteiger partial charge in [-0.05, 0) is 5.56 Å². The van der Waals surface area contributed by atoms with Crippen LogP contribution in [0.1, 0.15) is 11.6 Å². The lowest BCUT2D eigenvalue weighted by molar-refractivity contribution is 0.233. The van der Waals surface area contributed by atoms with Crippen molar-refractivity contribution in [1.29, 1.82) is 0 Å². The summed E-state index contributed by atoms with van der Waals surface area (Å²) in [5.74, 6) is 0. The molecular weight excluding hydrogens is 274 g/mol. The molecule has 0 saturated heterocycles. The van der Waals surface area contributed by atoms with Gasteiger partial charge in [0.2, 0.25) is 10.0 Å². The van der Waals surface area contributed by atoms with Crippen LogP contribution in [0.25, 0.3) is 0 Å². The van der Waals surface area contributed by atoms with E-state index in [1.807, 2.05) is 6.07 Å². The number of nitrogens with one attached hydrogen (secondary N) is 1. The molecule has 100 valence electrons. The van der Waals surface area contributed by atoms with Gasteiger partial charge in [0.25, 0.3) is 0 Å². The number of thiol groups is 1. The van der Waals surface area contributed by atoms with Crippen LogP contribution in [0.15, 0.2) is 30.3 Å². The molecule has 0 bridgehead atoms. The Balaban J connectivity index is 2.93. The van der Waals surface area contributed by atoms with Crippen LogP contribution in [0, 0.1) is 0 Å². The lowest BCUT2D eigenvalue weighted by Gasteiger charge is -2.22. The highest BCUT2D eigenvalue weighted by Crippen LogP contribution is 2.15. The van der Waals surface area contributed by atoms with E-state index in [0.29, 0.717) is 0 Å². The maximum absolute atomic E-state index is 11.3. The van der Waals surface area contributed by atoms with E-state index < -0.39 is 22.1 Å². The second kappa shape index (κ2) is 6.07. The largest absolute Gasteiger partial charge is 0.351 e. The number of urea groups is 1. The lowest BCUT2D eigenvalue weighted by Crippen LogP contribution is -2.38. The van der Waals surface area contributed by atoms with E-state index in [4.69, 9.17) is 5.73 Å². The molecule has 8 heteroatoms. The first-order valence-electron chi connectivity index (χ1n) is 5.07. The molecule has 1 aromatic rings. The third-order valence-corrected chi connectivity index (χ3v) is 3.24. The average Bonchev–Trinajstić information content (AvgIpc) is 2.27. The molecule has 1 aromatic carbocycles. The first-order chi connectivity index (χ1) is 8.29. The van der Waals surface area contributed by atoms with Crippen LogP contribution < -0.4 is 10.5 Å². The van der Waals surface area contributed by atoms with Crippen LogP contribution in [-0.2, 0) is 10.0 Å². The summed E-state index contributed by atoms with van der Waals surface area (Å²) in [5.41, 5.74) is 5.78. The second-order valence-electron chi connectivity index (χ2n) is 3.77. The number of carbonyl (C=O) groups is 1. The van der Waals surface area contributed by atoms with Gasteiger partial charge >= 0.3 is 6.03 Å². The van der Waals surface area contributed by atoms with Gasteiger partial charge in [0.05, 0.1) is 18.8 Å². The smallest absolute Gasteiger partial charge is 0.324 e. The molecule has 0 aromatic heterocycles. The molecule has 0 saturated carbocycles. The summed E-state index contributed by atoms with van der Waals surface area (Å²) >= 11 is 3.89. The van der Waals surface area contributed by atoms with Gasteiger partial charge in [-0.1, -0.05) is 43.1 Å². The number of nitrogens with zero attached hydrogens (tertiary/aromatic N) is 1. The Morgan fingerprint density at radius 3 is 2.44 bits per heavy atom. The summed E-state index contributed by atoms with van der Waals surface area (Å²) < 4.78 is 26.0. The summed E-state index contributed by atoms with van der Waals surface area (Å²) in [6, 6.07) is 7.55. The van der Waals surface area contributed by atoms with Crippen molar-refractivity contribution in [2.75, 3.05) is 12.8 Å². The van der Waals surface area contributed by atoms with Crippen LogP contribution in [0.5, 0.6) is 0 Å². The average molecular weight is 289 g/mol. The summed E-state index contributed by atoms with van der Waals surface area (Å²) in [6.45, 7) is 0.0372. The summed E-state index contributed by atoms with van der Waals surface area (Å²) in [5, 5.41) is 0. The molecule has 0 spiro atoms. The van der Waals surface area contributed by atoms with E-state index in [9.17, 15) is 13.2 Å². The third-order valence-electron chi connectivity index (χ3n) is 2.17. The van der Waals surface area contributed by atoms with Crippen LogP contribution in [0.2, 0.25) is 0 Å². The van der Waals surface area contributed by atoms with Crippen molar-refractivity contribution >= 4 is 28.9 Å². The van der Waals surface area contributed by atoms with Gasteiger partial charge in [-0.2, -0.15) is 0 Å². The Hall–Kier alpha value is -1.25. The number of amides is 2. The number of benzene rings is 1. The highest BCUT2D eigenvalue weighted by atomic mass is 32.2. The minimum absolute atomic E-state index is 0.0372. The zero-order valence-corrected chi connectivity index (χ0v) is 11.5. The zero-order chi connectivity index (χ0) is 13.8. The SMILES string of the molecule is CS(=O)(=O)NC(CN(S)C(N)=O)c1ccccc1. The van der Waals surface area contributed by atoms with E-state index >= 15 is 0 Å². The summed E-state index contributed by atoms with van der Waals surface area (Å²) in [6.07, 6.45) is 1.05. The van der Waals surface area contributed by atoms with Crippen LogP contribution in [-0.4, -0.2) is 31.6 Å². The summed E-state index contributed by atoms with van der Waals surface area (Å²) in [4.78, 5) is 10.9. The fourth-order valence-corrected chi connectivity index (χ4v) is 2.31. The van der Waals surface area contributed by atoms with Gasteiger partial charge in [0.1, 0.15) is 0 Å². The first-order valence-corrected chi connectivity index (χ1v) is 7.37. The molecule has 1 rings (SSSR count). The Bertz CT molecular complexity index is 504. The van der Waals surface area contributed by atoms with Crippen molar-refractivity contribution in [3.05, 3.63) is 35.9 Å². The number of sulfonamides is 1. The van der Waals surface area contributed by atoms with Crippen molar-refractivity contribution in [3.8, 4) is 0 Å². The number of primary amides is 1. The molecule has 0 radical (unpaired) electrons. The highest BCUT2D eigenvalue weighted by Gasteiger charge is 2.19. The molecule has 0 heterocycles. The van der Waals surface area contributed by atoms with E-state index in [-0.39, 0.29) is 6.54 Å². The quantitative estimate of drug-likeness (QED) is 0.689. The molecule has 1 unspecified atom stereocenters. The number of hydrogen-bond donors (Lipinski definition) is 3. The first kappa shape index (κ1) is 14.8. The fourth-order valence-electron chi connectivity index (χ4n) is 1.42. The van der Waals surface area contributed by atoms with Crippen LogP contribution >= 0.6 is 12.8 Å². The summed E-state index contributed by atoms with van der Waals surface area (Å²) in [7, 11) is -3.41. The van der Waals surface area contributed by atoms with Crippen molar-refractivity contribution in [1.82, 2.24) is 9.03 Å². The molecule has 0 aliphatic rings. The minimum Gasteiger partial charge on any atom is -0.351 e. The predicted octanol–water partition coefficient (Wildman–Crippen LogP) is 0.502. The lowest BCUT2D eigenvalue weighted by atomic mass is 10.1. The van der Waals surface area contributed by atoms with Crippen LogP contribution in [0.4, 0.5) is 4.79 Å². The van der Waals surface area contributed by atoms with Gasteiger partial charge in [-0.3, -0.25) is 4.31 Å². The topological polar surface area (TPSA) is 92.5 Å². The highest BCUT2D eigenvalue weighted by molar-refractivity contribution is 7.88. The minimum atomic E-state index is -3.41. The third kappa shape index (κ3) is 4.94. The Labute approximate surface area is 112 Å². The standard InChI is InChI=1S/C10H15N3O3S2/c1-18(15,16)12-9(7-13(17)10(11)14)8-5-3-2-4-6-8/h2-6,9,12,17H,7H2,1H3,(H2,11,14). The van der Waals surface area contributed by atoms with E-state index in [0.717, 1.165) is 16.1 Å². The van der Waals surface area contributed by atoms with E-state index in [2.05, 4.69) is 17.5 Å². The Kier molecular flexibility index (Phi) is 5.00. The second-order valence-corrected chi connectivity index (χ2v) is 6.04. The van der Waals surface area contributed by atoms with Crippen molar-refractivity contribution in [2.24, 2.45) is 5.73 Å². The normalized spacial score (nSPS) is 13.0. The monoisotopic (exact) mass is 289 g/mol. The van der Waals surface area contributed by atoms with E-state index in [1.165, 1.54) is 0 Å². The fraction of sp³-hybridized carbons (Fsp3) is 0.300. The molecule has 0 aliphatic carbocycles. The zero-order valence-electron chi connectivity index (χ0n) is 9.78. The van der Waals surface area contributed by atoms with Gasteiger partial charge < -0.3 is 5.73 Å². The molecule has 6 nitrogen and oxygen atoms in total. The Morgan fingerprint density at radius 2 is 2.00 bits per heavy atom. The number of rotatable bonds is 5.